The monoisotopic (exact) mass is 261 g/mol. The van der Waals surface area contributed by atoms with Gasteiger partial charge in [0.2, 0.25) is 5.78 Å². The molecule has 0 unspecified atom stereocenters. The molecule has 1 aromatic carbocycles. The van der Waals surface area contributed by atoms with Crippen LogP contribution >= 0.6 is 0 Å². The van der Waals surface area contributed by atoms with Crippen molar-refractivity contribution in [3.05, 3.63) is 47.4 Å². The molecular formula is C14H15NO4. The van der Waals surface area contributed by atoms with E-state index in [-0.39, 0.29) is 18.1 Å². The summed E-state index contributed by atoms with van der Waals surface area (Å²) in [6.45, 7) is 0.246. The predicted octanol–water partition coefficient (Wildman–Crippen LogP) is 1.99. The number of benzene rings is 1. The van der Waals surface area contributed by atoms with Crippen molar-refractivity contribution in [3.63, 3.8) is 0 Å². The number of carbonyl (C=O) groups excluding carboxylic acids is 1. The van der Waals surface area contributed by atoms with E-state index in [9.17, 15) is 4.79 Å². The van der Waals surface area contributed by atoms with Gasteiger partial charge in [-0.1, -0.05) is 6.07 Å². The first-order valence-electron chi connectivity index (χ1n) is 5.75. The van der Waals surface area contributed by atoms with E-state index >= 15 is 0 Å². The molecule has 2 N–H and O–H groups in total. The standard InChI is InChI=1S/C14H15NO4/c1-17-10-4-3-5-11(18-2)13(10)14(16)12-7-6-9(8-15)19-12/h3-7H,8,15H2,1-2H3. The molecule has 5 heteroatoms. The van der Waals surface area contributed by atoms with Gasteiger partial charge in [-0.15, -0.1) is 0 Å². The third kappa shape index (κ3) is 2.46. The molecule has 0 saturated heterocycles. The third-order valence-electron chi connectivity index (χ3n) is 2.74. The number of rotatable bonds is 5. The molecule has 0 saturated carbocycles. The van der Waals surface area contributed by atoms with Gasteiger partial charge in [0.25, 0.3) is 0 Å². The van der Waals surface area contributed by atoms with E-state index in [2.05, 4.69) is 0 Å². The quantitative estimate of drug-likeness (QED) is 0.833. The van der Waals surface area contributed by atoms with Gasteiger partial charge in [-0.25, -0.2) is 0 Å². The molecule has 100 valence electrons. The number of hydrogen-bond acceptors (Lipinski definition) is 5. The molecule has 0 amide bonds. The molecule has 2 aromatic rings. The van der Waals surface area contributed by atoms with Crippen LogP contribution in [0.25, 0.3) is 0 Å². The van der Waals surface area contributed by atoms with E-state index in [1.54, 1.807) is 30.3 Å². The summed E-state index contributed by atoms with van der Waals surface area (Å²) in [5, 5.41) is 0. The summed E-state index contributed by atoms with van der Waals surface area (Å²) in [6.07, 6.45) is 0. The maximum atomic E-state index is 12.4. The number of nitrogens with two attached hydrogens (primary N) is 1. The number of furan rings is 1. The van der Waals surface area contributed by atoms with Crippen LogP contribution in [0.1, 0.15) is 21.9 Å². The summed E-state index contributed by atoms with van der Waals surface area (Å²) in [5.41, 5.74) is 5.80. The van der Waals surface area contributed by atoms with E-state index in [0.717, 1.165) is 0 Å². The van der Waals surface area contributed by atoms with Crippen molar-refractivity contribution in [3.8, 4) is 11.5 Å². The van der Waals surface area contributed by atoms with Crippen molar-refractivity contribution in [2.45, 2.75) is 6.54 Å². The highest BCUT2D eigenvalue weighted by atomic mass is 16.5. The summed E-state index contributed by atoms with van der Waals surface area (Å²) in [6, 6.07) is 8.42. The van der Waals surface area contributed by atoms with Crippen molar-refractivity contribution in [2.24, 2.45) is 5.73 Å². The van der Waals surface area contributed by atoms with Crippen LogP contribution in [0, 0.1) is 0 Å². The Morgan fingerprint density at radius 1 is 1.16 bits per heavy atom. The van der Waals surface area contributed by atoms with Crippen LogP contribution in [-0.2, 0) is 6.54 Å². The van der Waals surface area contributed by atoms with Crippen LogP contribution in [0.15, 0.2) is 34.7 Å². The molecule has 0 fully saturated rings. The van der Waals surface area contributed by atoms with Crippen molar-refractivity contribution >= 4 is 5.78 Å². The van der Waals surface area contributed by atoms with Crippen molar-refractivity contribution < 1.29 is 18.7 Å². The van der Waals surface area contributed by atoms with Gasteiger partial charge in [0, 0.05) is 0 Å². The first-order valence-corrected chi connectivity index (χ1v) is 5.75. The second-order valence-corrected chi connectivity index (χ2v) is 3.84. The lowest BCUT2D eigenvalue weighted by atomic mass is 10.1. The third-order valence-corrected chi connectivity index (χ3v) is 2.74. The molecule has 0 aliphatic rings. The molecule has 0 atom stereocenters. The normalized spacial score (nSPS) is 10.3. The van der Waals surface area contributed by atoms with Gasteiger partial charge in [-0.3, -0.25) is 4.79 Å². The van der Waals surface area contributed by atoms with Gasteiger partial charge in [-0.05, 0) is 24.3 Å². The van der Waals surface area contributed by atoms with Crippen LogP contribution in [0.2, 0.25) is 0 Å². The zero-order valence-corrected chi connectivity index (χ0v) is 10.8. The molecule has 1 aromatic heterocycles. The van der Waals surface area contributed by atoms with E-state index < -0.39 is 0 Å². The van der Waals surface area contributed by atoms with Crippen LogP contribution in [0.3, 0.4) is 0 Å². The highest BCUT2D eigenvalue weighted by molar-refractivity contribution is 6.10. The summed E-state index contributed by atoms with van der Waals surface area (Å²) in [5.74, 6) is 1.35. The maximum absolute atomic E-state index is 12.4. The molecule has 0 aliphatic carbocycles. The number of hydrogen-bond donors (Lipinski definition) is 1. The molecular weight excluding hydrogens is 246 g/mol. The lowest BCUT2D eigenvalue weighted by molar-refractivity contribution is 0.100. The van der Waals surface area contributed by atoms with Gasteiger partial charge in [0.15, 0.2) is 5.76 Å². The minimum Gasteiger partial charge on any atom is -0.496 e. The summed E-state index contributed by atoms with van der Waals surface area (Å²) < 4.78 is 15.8. The fourth-order valence-electron chi connectivity index (χ4n) is 1.81. The van der Waals surface area contributed by atoms with Crippen molar-refractivity contribution in [2.75, 3.05) is 14.2 Å². The molecule has 0 spiro atoms. The van der Waals surface area contributed by atoms with E-state index in [0.29, 0.717) is 22.8 Å². The van der Waals surface area contributed by atoms with Gasteiger partial charge in [0.05, 0.1) is 20.8 Å². The maximum Gasteiger partial charge on any atom is 0.235 e. The fraction of sp³-hybridized carbons (Fsp3) is 0.214. The Kier molecular flexibility index (Phi) is 3.87. The molecule has 5 nitrogen and oxygen atoms in total. The largest absolute Gasteiger partial charge is 0.496 e. The van der Waals surface area contributed by atoms with E-state index in [4.69, 9.17) is 19.6 Å². The number of ether oxygens (including phenoxy) is 2. The number of methoxy groups -OCH3 is 2. The van der Waals surface area contributed by atoms with Gasteiger partial charge < -0.3 is 19.6 Å². The zero-order valence-electron chi connectivity index (χ0n) is 10.8. The Balaban J connectivity index is 2.48. The fourth-order valence-corrected chi connectivity index (χ4v) is 1.81. The number of carbonyl (C=O) groups is 1. The summed E-state index contributed by atoms with van der Waals surface area (Å²) in [4.78, 5) is 12.4. The Morgan fingerprint density at radius 3 is 2.26 bits per heavy atom. The Morgan fingerprint density at radius 2 is 1.79 bits per heavy atom. The minimum atomic E-state index is -0.297. The van der Waals surface area contributed by atoms with Crippen LogP contribution in [-0.4, -0.2) is 20.0 Å². The molecule has 0 aliphatic heterocycles. The lowest BCUT2D eigenvalue weighted by Crippen LogP contribution is -2.05. The minimum absolute atomic E-state index is 0.211. The first-order chi connectivity index (χ1) is 9.21. The molecule has 2 rings (SSSR count). The van der Waals surface area contributed by atoms with Crippen molar-refractivity contribution in [1.29, 1.82) is 0 Å². The predicted molar refractivity (Wildman–Crippen MR) is 69.6 cm³/mol. The van der Waals surface area contributed by atoms with Crippen LogP contribution < -0.4 is 15.2 Å². The Labute approximate surface area is 110 Å². The van der Waals surface area contributed by atoms with Gasteiger partial charge in [-0.2, -0.15) is 0 Å². The Hall–Kier alpha value is -2.27. The first kappa shape index (κ1) is 13.2. The number of ketones is 1. The van der Waals surface area contributed by atoms with E-state index in [1.807, 2.05) is 0 Å². The smallest absolute Gasteiger partial charge is 0.235 e. The highest BCUT2D eigenvalue weighted by Gasteiger charge is 2.22. The van der Waals surface area contributed by atoms with Crippen LogP contribution in [0.4, 0.5) is 0 Å². The summed E-state index contributed by atoms with van der Waals surface area (Å²) in [7, 11) is 3.00. The van der Waals surface area contributed by atoms with Crippen molar-refractivity contribution in [1.82, 2.24) is 0 Å². The van der Waals surface area contributed by atoms with Crippen LogP contribution in [0.5, 0.6) is 11.5 Å². The Bertz CT molecular complexity index is 567. The molecule has 0 bridgehead atoms. The summed E-state index contributed by atoms with van der Waals surface area (Å²) >= 11 is 0. The second kappa shape index (κ2) is 5.58. The van der Waals surface area contributed by atoms with Gasteiger partial charge >= 0.3 is 0 Å². The van der Waals surface area contributed by atoms with Gasteiger partial charge in [0.1, 0.15) is 22.8 Å². The molecule has 0 radical (unpaired) electrons. The average Bonchev–Trinajstić information content (AvgIpc) is 2.94. The second-order valence-electron chi connectivity index (χ2n) is 3.84. The topological polar surface area (TPSA) is 74.7 Å². The zero-order chi connectivity index (χ0) is 13.8. The highest BCUT2D eigenvalue weighted by Crippen LogP contribution is 2.30. The molecule has 19 heavy (non-hydrogen) atoms. The average molecular weight is 261 g/mol. The molecule has 1 heterocycles. The van der Waals surface area contributed by atoms with E-state index in [1.165, 1.54) is 14.2 Å². The SMILES string of the molecule is COc1cccc(OC)c1C(=O)c1ccc(CN)o1. The lowest BCUT2D eigenvalue weighted by Gasteiger charge is -2.10.